The van der Waals surface area contributed by atoms with Crippen molar-refractivity contribution in [2.24, 2.45) is 0 Å². The molecule has 0 saturated carbocycles. The average molecular weight is 287 g/mol. The Balaban J connectivity index is 1.76. The summed E-state index contributed by atoms with van der Waals surface area (Å²) in [6, 6.07) is 9.81. The van der Waals surface area contributed by atoms with Crippen molar-refractivity contribution in [3.63, 3.8) is 0 Å². The molecule has 4 heteroatoms. The number of amides is 1. The zero-order chi connectivity index (χ0) is 15.1. The lowest BCUT2D eigenvalue weighted by Crippen LogP contribution is -2.31. The molecule has 1 N–H and O–H groups in total. The maximum absolute atomic E-state index is 12.7. The number of carbonyl (C=O) groups excluding carboxylic acids is 1. The van der Waals surface area contributed by atoms with Gasteiger partial charge in [0.05, 0.1) is 6.26 Å². The molecule has 0 saturated heterocycles. The molecule has 3 nitrogen and oxygen atoms in total. The highest BCUT2D eigenvalue weighted by Gasteiger charge is 2.06. The van der Waals surface area contributed by atoms with E-state index in [0.29, 0.717) is 0 Å². The van der Waals surface area contributed by atoms with Crippen LogP contribution in [-0.4, -0.2) is 11.9 Å². The normalized spacial score (nSPS) is 12.5. The van der Waals surface area contributed by atoms with Crippen LogP contribution in [0.2, 0.25) is 0 Å². The maximum atomic E-state index is 12.7. The van der Waals surface area contributed by atoms with Crippen molar-refractivity contribution in [2.75, 3.05) is 0 Å². The monoisotopic (exact) mass is 287 g/mol. The number of benzene rings is 1. The van der Waals surface area contributed by atoms with E-state index in [4.69, 9.17) is 4.42 Å². The topological polar surface area (TPSA) is 42.2 Å². The first-order chi connectivity index (χ1) is 10.1. The highest BCUT2D eigenvalue weighted by molar-refractivity contribution is 5.91. The van der Waals surface area contributed by atoms with Gasteiger partial charge in [0.1, 0.15) is 11.6 Å². The molecule has 1 atom stereocenters. The van der Waals surface area contributed by atoms with Gasteiger partial charge < -0.3 is 9.73 Å². The molecule has 110 valence electrons. The third-order valence-electron chi connectivity index (χ3n) is 3.09. The van der Waals surface area contributed by atoms with Crippen LogP contribution in [0.1, 0.15) is 24.7 Å². The van der Waals surface area contributed by atoms with Gasteiger partial charge in [0.15, 0.2) is 0 Å². The Labute approximate surface area is 123 Å². The number of aryl methyl sites for hydroxylation is 1. The number of rotatable bonds is 6. The molecule has 1 aromatic carbocycles. The summed E-state index contributed by atoms with van der Waals surface area (Å²) in [4.78, 5) is 11.8. The smallest absolute Gasteiger partial charge is 0.244 e. The second kappa shape index (κ2) is 7.43. The average Bonchev–Trinajstić information content (AvgIpc) is 2.98. The van der Waals surface area contributed by atoms with Crippen LogP contribution in [0, 0.1) is 5.82 Å². The molecule has 1 amide bonds. The molecule has 0 aliphatic rings. The predicted molar refractivity (Wildman–Crippen MR) is 80.1 cm³/mol. The zero-order valence-electron chi connectivity index (χ0n) is 11.9. The quantitative estimate of drug-likeness (QED) is 0.825. The van der Waals surface area contributed by atoms with Gasteiger partial charge in [0.25, 0.3) is 0 Å². The number of hydrogen-bond donors (Lipinski definition) is 1. The lowest BCUT2D eigenvalue weighted by atomic mass is 10.1. The van der Waals surface area contributed by atoms with Crippen LogP contribution in [-0.2, 0) is 11.2 Å². The third kappa shape index (κ3) is 5.26. The summed E-state index contributed by atoms with van der Waals surface area (Å²) < 4.78 is 18.0. The van der Waals surface area contributed by atoms with Gasteiger partial charge in [-0.05, 0) is 49.2 Å². The van der Waals surface area contributed by atoms with Crippen molar-refractivity contribution in [3.05, 3.63) is 65.9 Å². The highest BCUT2D eigenvalue weighted by atomic mass is 19.1. The summed E-state index contributed by atoms with van der Waals surface area (Å²) in [7, 11) is 0. The van der Waals surface area contributed by atoms with Gasteiger partial charge in [0, 0.05) is 18.5 Å². The molecule has 0 radical (unpaired) electrons. The molecule has 0 aliphatic heterocycles. The predicted octanol–water partition coefficient (Wildman–Crippen LogP) is 3.57. The molecule has 1 aromatic heterocycles. The van der Waals surface area contributed by atoms with Gasteiger partial charge in [0.2, 0.25) is 5.91 Å². The van der Waals surface area contributed by atoms with Crippen molar-refractivity contribution < 1.29 is 13.6 Å². The second-order valence-corrected chi connectivity index (χ2v) is 4.91. The summed E-state index contributed by atoms with van der Waals surface area (Å²) in [6.07, 6.45) is 6.36. The van der Waals surface area contributed by atoms with Crippen LogP contribution in [0.3, 0.4) is 0 Å². The Morgan fingerprint density at radius 1 is 1.33 bits per heavy atom. The van der Waals surface area contributed by atoms with Gasteiger partial charge in [-0.15, -0.1) is 0 Å². The number of nitrogens with one attached hydrogen (secondary N) is 1. The summed E-state index contributed by atoms with van der Waals surface area (Å²) in [5.74, 6) is 0.465. The Bertz CT molecular complexity index is 588. The lowest BCUT2D eigenvalue weighted by molar-refractivity contribution is -0.117. The van der Waals surface area contributed by atoms with Crippen LogP contribution in [0.5, 0.6) is 0 Å². The van der Waals surface area contributed by atoms with Crippen LogP contribution in [0.15, 0.2) is 53.2 Å². The largest absolute Gasteiger partial charge is 0.469 e. The first-order valence-corrected chi connectivity index (χ1v) is 6.90. The number of halogens is 1. The molecule has 21 heavy (non-hydrogen) atoms. The minimum atomic E-state index is -0.289. The van der Waals surface area contributed by atoms with Crippen LogP contribution in [0.4, 0.5) is 4.39 Å². The molecule has 0 bridgehead atoms. The van der Waals surface area contributed by atoms with Gasteiger partial charge in [-0.25, -0.2) is 4.39 Å². The molecule has 0 unspecified atom stereocenters. The zero-order valence-corrected chi connectivity index (χ0v) is 11.9. The molecule has 2 aromatic rings. The minimum Gasteiger partial charge on any atom is -0.469 e. The van der Waals surface area contributed by atoms with Crippen LogP contribution in [0.25, 0.3) is 6.08 Å². The summed E-state index contributed by atoms with van der Waals surface area (Å²) in [6.45, 7) is 1.95. The molecular formula is C17H18FNO2. The van der Waals surface area contributed by atoms with Crippen LogP contribution >= 0.6 is 0 Å². The Hall–Kier alpha value is -2.36. The van der Waals surface area contributed by atoms with E-state index >= 15 is 0 Å². The lowest BCUT2D eigenvalue weighted by Gasteiger charge is -2.11. The van der Waals surface area contributed by atoms with Crippen LogP contribution < -0.4 is 5.32 Å². The second-order valence-electron chi connectivity index (χ2n) is 4.91. The molecule has 0 spiro atoms. The van der Waals surface area contributed by atoms with Gasteiger partial charge in [-0.1, -0.05) is 12.1 Å². The number of furan rings is 1. The summed E-state index contributed by atoms with van der Waals surface area (Å²) in [5.41, 5.74) is 0.787. The molecule has 2 rings (SSSR count). The van der Waals surface area contributed by atoms with E-state index in [2.05, 4.69) is 5.32 Å². The summed E-state index contributed by atoms with van der Waals surface area (Å²) >= 11 is 0. The van der Waals surface area contributed by atoms with E-state index in [1.165, 1.54) is 18.2 Å². The fourth-order valence-corrected chi connectivity index (χ4v) is 1.92. The van der Waals surface area contributed by atoms with Gasteiger partial charge in [-0.3, -0.25) is 4.79 Å². The van der Waals surface area contributed by atoms with E-state index in [0.717, 1.165) is 24.2 Å². The molecule has 1 heterocycles. The van der Waals surface area contributed by atoms with Gasteiger partial charge >= 0.3 is 0 Å². The summed E-state index contributed by atoms with van der Waals surface area (Å²) in [5, 5.41) is 2.88. The highest BCUT2D eigenvalue weighted by Crippen LogP contribution is 2.06. The Morgan fingerprint density at radius 3 is 2.76 bits per heavy atom. The van der Waals surface area contributed by atoms with E-state index in [1.54, 1.807) is 24.5 Å². The van der Waals surface area contributed by atoms with E-state index < -0.39 is 0 Å². The van der Waals surface area contributed by atoms with E-state index in [9.17, 15) is 9.18 Å². The number of carbonyl (C=O) groups is 1. The first-order valence-electron chi connectivity index (χ1n) is 6.90. The van der Waals surface area contributed by atoms with Crippen molar-refractivity contribution in [1.29, 1.82) is 0 Å². The first kappa shape index (κ1) is 15.0. The van der Waals surface area contributed by atoms with E-state index in [-0.39, 0.29) is 17.8 Å². The Morgan fingerprint density at radius 2 is 2.10 bits per heavy atom. The minimum absolute atomic E-state index is 0.0560. The van der Waals surface area contributed by atoms with Crippen molar-refractivity contribution in [2.45, 2.75) is 25.8 Å². The van der Waals surface area contributed by atoms with E-state index in [1.807, 2.05) is 19.1 Å². The number of hydrogen-bond acceptors (Lipinski definition) is 2. The molecular weight excluding hydrogens is 269 g/mol. The fraction of sp³-hybridized carbons (Fsp3) is 0.235. The maximum Gasteiger partial charge on any atom is 0.244 e. The Kier molecular flexibility index (Phi) is 5.32. The molecule has 0 fully saturated rings. The SMILES string of the molecule is C[C@@H](CCc1ccco1)NC(=O)/C=C/c1ccc(F)cc1. The van der Waals surface area contributed by atoms with Crippen molar-refractivity contribution >= 4 is 12.0 Å². The standard InChI is InChI=1S/C17H18FNO2/c1-13(4-10-16-3-2-12-21-16)19-17(20)11-7-14-5-8-15(18)9-6-14/h2-3,5-9,11-13H,4,10H2,1H3,(H,19,20)/b11-7+/t13-/m0/s1. The molecule has 0 aliphatic carbocycles. The third-order valence-corrected chi connectivity index (χ3v) is 3.09. The fourth-order valence-electron chi connectivity index (χ4n) is 1.92. The van der Waals surface area contributed by atoms with Crippen molar-refractivity contribution in [3.8, 4) is 0 Å². The van der Waals surface area contributed by atoms with Gasteiger partial charge in [-0.2, -0.15) is 0 Å². The van der Waals surface area contributed by atoms with Crippen molar-refractivity contribution in [1.82, 2.24) is 5.32 Å².